The van der Waals surface area contributed by atoms with Crippen LogP contribution in [-0.2, 0) is 11.2 Å². The van der Waals surface area contributed by atoms with E-state index in [-0.39, 0.29) is 11.9 Å². The number of nitrogens with zero attached hydrogens (tertiary/aromatic N) is 3. The van der Waals surface area contributed by atoms with Crippen LogP contribution < -0.4 is 5.32 Å². The second-order valence-corrected chi connectivity index (χ2v) is 6.62. The van der Waals surface area contributed by atoms with Crippen LogP contribution in [-0.4, -0.2) is 51.6 Å². The molecule has 0 unspecified atom stereocenters. The second kappa shape index (κ2) is 9.23. The highest BCUT2D eigenvalue weighted by Gasteiger charge is 2.20. The number of carboxylic acids is 1. The highest BCUT2D eigenvalue weighted by Crippen LogP contribution is 2.16. The van der Waals surface area contributed by atoms with Gasteiger partial charge >= 0.3 is 5.97 Å². The van der Waals surface area contributed by atoms with E-state index in [0.717, 1.165) is 44.1 Å². The molecule has 1 fully saturated rings. The van der Waals surface area contributed by atoms with Crippen LogP contribution in [0.1, 0.15) is 24.1 Å². The SMILES string of the molecule is O=C(O)C=Cc1cnc(N[C@@H]2CCCN(CCc3ccccc3F)C2)cn1. The first-order valence-corrected chi connectivity index (χ1v) is 9.05. The first-order valence-electron chi connectivity index (χ1n) is 9.05. The van der Waals surface area contributed by atoms with Crippen LogP contribution in [0.25, 0.3) is 6.08 Å². The molecule has 0 radical (unpaired) electrons. The molecule has 6 nitrogen and oxygen atoms in total. The molecule has 2 heterocycles. The van der Waals surface area contributed by atoms with Crippen LogP contribution in [0.5, 0.6) is 0 Å². The Morgan fingerprint density at radius 1 is 1.33 bits per heavy atom. The molecule has 1 aromatic heterocycles. The van der Waals surface area contributed by atoms with Gasteiger partial charge in [-0.1, -0.05) is 18.2 Å². The van der Waals surface area contributed by atoms with Crippen molar-refractivity contribution in [3.05, 3.63) is 59.8 Å². The average molecular weight is 370 g/mol. The first-order chi connectivity index (χ1) is 13.1. The van der Waals surface area contributed by atoms with Crippen LogP contribution in [0.15, 0.2) is 42.7 Å². The van der Waals surface area contributed by atoms with Gasteiger partial charge in [0.15, 0.2) is 0 Å². The van der Waals surface area contributed by atoms with Gasteiger partial charge in [0.05, 0.1) is 18.1 Å². The van der Waals surface area contributed by atoms with Gasteiger partial charge in [-0.15, -0.1) is 0 Å². The maximum atomic E-state index is 13.8. The smallest absolute Gasteiger partial charge is 0.328 e. The van der Waals surface area contributed by atoms with E-state index in [1.807, 2.05) is 12.1 Å². The lowest BCUT2D eigenvalue weighted by atomic mass is 10.0. The van der Waals surface area contributed by atoms with Gasteiger partial charge in [0.1, 0.15) is 11.6 Å². The number of anilines is 1. The molecule has 7 heteroatoms. The Morgan fingerprint density at radius 3 is 2.93 bits per heavy atom. The van der Waals surface area contributed by atoms with Gasteiger partial charge in [-0.05, 0) is 43.5 Å². The molecule has 1 aromatic carbocycles. The molecule has 27 heavy (non-hydrogen) atoms. The third-order valence-corrected chi connectivity index (χ3v) is 4.58. The topological polar surface area (TPSA) is 78.3 Å². The van der Waals surface area contributed by atoms with Gasteiger partial charge in [0, 0.05) is 25.2 Å². The Hall–Kier alpha value is -2.80. The molecule has 0 bridgehead atoms. The number of piperidine rings is 1. The zero-order valence-corrected chi connectivity index (χ0v) is 15.0. The highest BCUT2D eigenvalue weighted by molar-refractivity contribution is 5.84. The Morgan fingerprint density at radius 2 is 2.19 bits per heavy atom. The minimum absolute atomic E-state index is 0.142. The summed E-state index contributed by atoms with van der Waals surface area (Å²) in [6, 6.07) is 7.18. The van der Waals surface area contributed by atoms with Gasteiger partial charge in [-0.2, -0.15) is 0 Å². The Kier molecular flexibility index (Phi) is 6.49. The number of benzene rings is 1. The third-order valence-electron chi connectivity index (χ3n) is 4.58. The van der Waals surface area contributed by atoms with Crippen molar-refractivity contribution in [3.8, 4) is 0 Å². The molecule has 3 rings (SSSR count). The molecule has 0 saturated carbocycles. The van der Waals surface area contributed by atoms with E-state index in [0.29, 0.717) is 17.9 Å². The fourth-order valence-electron chi connectivity index (χ4n) is 3.22. The van der Waals surface area contributed by atoms with Crippen LogP contribution in [0, 0.1) is 5.82 Å². The molecule has 1 atom stereocenters. The monoisotopic (exact) mass is 370 g/mol. The largest absolute Gasteiger partial charge is 0.478 e. The van der Waals surface area contributed by atoms with Gasteiger partial charge in [-0.25, -0.2) is 14.2 Å². The maximum Gasteiger partial charge on any atom is 0.328 e. The number of carbonyl (C=O) groups is 1. The number of rotatable bonds is 7. The van der Waals surface area contributed by atoms with Crippen molar-refractivity contribution in [1.29, 1.82) is 0 Å². The summed E-state index contributed by atoms with van der Waals surface area (Å²) in [6.45, 7) is 2.71. The lowest BCUT2D eigenvalue weighted by Crippen LogP contribution is -2.43. The van der Waals surface area contributed by atoms with Crippen molar-refractivity contribution in [3.63, 3.8) is 0 Å². The lowest BCUT2D eigenvalue weighted by Gasteiger charge is -2.33. The number of hydrogen-bond donors (Lipinski definition) is 2. The molecule has 1 aliphatic heterocycles. The number of halogens is 1. The number of hydrogen-bond acceptors (Lipinski definition) is 5. The van der Waals surface area contributed by atoms with E-state index in [9.17, 15) is 9.18 Å². The summed E-state index contributed by atoms with van der Waals surface area (Å²) in [6.07, 6.45) is 8.40. The molecule has 2 N–H and O–H groups in total. The molecule has 0 spiro atoms. The van der Waals surface area contributed by atoms with E-state index in [4.69, 9.17) is 5.11 Å². The number of aliphatic carboxylic acids is 1. The predicted molar refractivity (Wildman–Crippen MR) is 102 cm³/mol. The molecule has 1 aliphatic rings. The highest BCUT2D eigenvalue weighted by atomic mass is 19.1. The van der Waals surface area contributed by atoms with Crippen molar-refractivity contribution in [2.24, 2.45) is 0 Å². The second-order valence-electron chi connectivity index (χ2n) is 6.62. The molecule has 0 amide bonds. The van der Waals surface area contributed by atoms with Crippen molar-refractivity contribution in [1.82, 2.24) is 14.9 Å². The fourth-order valence-corrected chi connectivity index (χ4v) is 3.22. The number of nitrogens with one attached hydrogen (secondary N) is 1. The fraction of sp³-hybridized carbons (Fsp3) is 0.350. The van der Waals surface area contributed by atoms with Gasteiger partial charge in [0.2, 0.25) is 0 Å². The molecular formula is C20H23FN4O2. The summed E-state index contributed by atoms with van der Waals surface area (Å²) in [5.74, 6) is -0.489. The Bertz CT molecular complexity index is 795. The standard InChI is InChI=1S/C20H23FN4O2/c21-18-6-2-1-4-15(18)9-11-25-10-3-5-17(14-25)24-19-13-22-16(12-23-19)7-8-20(26)27/h1-2,4,6-8,12-13,17H,3,5,9-11,14H2,(H,23,24)(H,26,27)/t17-/m1/s1. The van der Waals surface area contributed by atoms with Gasteiger partial charge < -0.3 is 15.3 Å². The summed E-state index contributed by atoms with van der Waals surface area (Å²) in [7, 11) is 0. The number of aromatic nitrogens is 2. The predicted octanol–water partition coefficient (Wildman–Crippen LogP) is 2.83. The summed E-state index contributed by atoms with van der Waals surface area (Å²) >= 11 is 0. The van der Waals surface area contributed by atoms with E-state index in [1.165, 1.54) is 12.1 Å². The van der Waals surface area contributed by atoms with Crippen LogP contribution >= 0.6 is 0 Å². The lowest BCUT2D eigenvalue weighted by molar-refractivity contribution is -0.131. The Labute approximate surface area is 157 Å². The summed E-state index contributed by atoms with van der Waals surface area (Å²) in [5.41, 5.74) is 1.25. The van der Waals surface area contributed by atoms with Crippen LogP contribution in [0.3, 0.4) is 0 Å². The van der Waals surface area contributed by atoms with E-state index in [1.54, 1.807) is 18.5 Å². The van der Waals surface area contributed by atoms with Crippen molar-refractivity contribution < 1.29 is 14.3 Å². The van der Waals surface area contributed by atoms with Crippen LogP contribution in [0.4, 0.5) is 10.2 Å². The third kappa shape index (κ3) is 5.86. The van der Waals surface area contributed by atoms with E-state index >= 15 is 0 Å². The maximum absolute atomic E-state index is 13.8. The zero-order chi connectivity index (χ0) is 19.1. The first kappa shape index (κ1) is 19.0. The van der Waals surface area contributed by atoms with E-state index in [2.05, 4.69) is 20.2 Å². The molecule has 142 valence electrons. The average Bonchev–Trinajstić information content (AvgIpc) is 2.67. The normalized spacial score (nSPS) is 17.9. The summed E-state index contributed by atoms with van der Waals surface area (Å²) < 4.78 is 13.8. The van der Waals surface area contributed by atoms with Crippen LogP contribution in [0.2, 0.25) is 0 Å². The quantitative estimate of drug-likeness (QED) is 0.730. The Balaban J connectivity index is 1.50. The number of likely N-dealkylation sites (tertiary alicyclic amines) is 1. The van der Waals surface area contributed by atoms with Crippen molar-refractivity contribution in [2.75, 3.05) is 25.0 Å². The summed E-state index contributed by atoms with van der Waals surface area (Å²) in [4.78, 5) is 21.3. The molecule has 0 aliphatic carbocycles. The minimum Gasteiger partial charge on any atom is -0.478 e. The van der Waals surface area contributed by atoms with Crippen molar-refractivity contribution in [2.45, 2.75) is 25.3 Å². The molecular weight excluding hydrogens is 347 g/mol. The summed E-state index contributed by atoms with van der Waals surface area (Å²) in [5, 5.41) is 12.0. The van der Waals surface area contributed by atoms with Crippen molar-refractivity contribution >= 4 is 17.9 Å². The zero-order valence-electron chi connectivity index (χ0n) is 15.0. The van der Waals surface area contributed by atoms with Gasteiger partial charge in [-0.3, -0.25) is 4.98 Å². The number of carboxylic acid groups (broad SMARTS) is 1. The van der Waals surface area contributed by atoms with Gasteiger partial charge in [0.25, 0.3) is 0 Å². The minimum atomic E-state index is -1.02. The molecule has 1 saturated heterocycles. The van der Waals surface area contributed by atoms with E-state index < -0.39 is 5.97 Å². The molecule has 2 aromatic rings.